The predicted molar refractivity (Wildman–Crippen MR) is 118 cm³/mol. The van der Waals surface area contributed by atoms with E-state index in [1.807, 2.05) is 37.3 Å². The van der Waals surface area contributed by atoms with Crippen LogP contribution in [0.1, 0.15) is 22.8 Å². The number of aldehydes is 1. The summed E-state index contributed by atoms with van der Waals surface area (Å²) in [4.78, 5) is 15.9. The van der Waals surface area contributed by atoms with E-state index < -0.39 is 5.60 Å². The van der Waals surface area contributed by atoms with Gasteiger partial charge in [0.05, 0.1) is 12.3 Å². The molecule has 2 aromatic carbocycles. The Bertz CT molecular complexity index is 985. The number of halogens is 1. The van der Waals surface area contributed by atoms with Crippen molar-refractivity contribution in [1.82, 2.24) is 0 Å². The van der Waals surface area contributed by atoms with E-state index in [1.54, 1.807) is 25.3 Å². The number of hydrogen-bond donors (Lipinski definition) is 0. The Hall–Kier alpha value is -2.23. The van der Waals surface area contributed by atoms with Crippen molar-refractivity contribution in [2.24, 2.45) is 4.99 Å². The van der Waals surface area contributed by atoms with Gasteiger partial charge in [0.2, 0.25) is 11.5 Å². The van der Waals surface area contributed by atoms with Gasteiger partial charge in [-0.25, -0.2) is 4.99 Å². The van der Waals surface area contributed by atoms with E-state index in [2.05, 4.69) is 27.6 Å². The molecule has 0 saturated carbocycles. The highest BCUT2D eigenvalue weighted by Gasteiger charge is 2.56. The van der Waals surface area contributed by atoms with Crippen LogP contribution in [0.15, 0.2) is 57.1 Å². The molecule has 2 aliphatic heterocycles. The van der Waals surface area contributed by atoms with Gasteiger partial charge in [-0.05, 0) is 59.3 Å². The second-order valence-corrected chi connectivity index (χ2v) is 8.03. The van der Waals surface area contributed by atoms with Crippen molar-refractivity contribution in [3.05, 3.63) is 63.2 Å². The molecule has 6 nitrogen and oxygen atoms in total. The molecule has 1 spiro atoms. The van der Waals surface area contributed by atoms with Gasteiger partial charge in [-0.2, -0.15) is 0 Å². The van der Waals surface area contributed by atoms with Crippen LogP contribution in [0, 0.1) is 0 Å². The van der Waals surface area contributed by atoms with Crippen molar-refractivity contribution < 1.29 is 23.7 Å². The zero-order valence-electron chi connectivity index (χ0n) is 16.1. The number of carbonyl (C=O) groups is 1. The highest BCUT2D eigenvalue weighted by Crippen LogP contribution is 2.48. The minimum atomic E-state index is -0.727. The van der Waals surface area contributed by atoms with Crippen LogP contribution in [0.4, 0.5) is 5.69 Å². The number of hydrogen-bond acceptors (Lipinski definition) is 6. The average Bonchev–Trinajstić information content (AvgIpc) is 3.11. The molecule has 1 saturated heterocycles. The lowest BCUT2D eigenvalue weighted by molar-refractivity contribution is -0.0383. The number of ether oxygens (including phenoxy) is 4. The third-order valence-corrected chi connectivity index (χ3v) is 5.79. The first-order chi connectivity index (χ1) is 14.1. The number of methoxy groups -OCH3 is 1. The van der Waals surface area contributed by atoms with E-state index >= 15 is 0 Å². The summed E-state index contributed by atoms with van der Waals surface area (Å²) in [5.41, 5.74) is 2.41. The molecule has 7 heteroatoms. The lowest BCUT2D eigenvalue weighted by atomic mass is 9.86. The normalized spacial score (nSPS) is 23.1. The molecular weight excluding hydrogens is 485 g/mol. The van der Waals surface area contributed by atoms with Crippen molar-refractivity contribution in [2.75, 3.05) is 20.3 Å². The van der Waals surface area contributed by atoms with Crippen molar-refractivity contribution in [3.63, 3.8) is 0 Å². The molecule has 0 radical (unpaired) electrons. The first-order valence-electron chi connectivity index (χ1n) is 9.16. The Labute approximate surface area is 182 Å². The van der Waals surface area contributed by atoms with Crippen LogP contribution in [0.25, 0.3) is 5.57 Å². The molecule has 0 aliphatic carbocycles. The summed E-state index contributed by atoms with van der Waals surface area (Å²) >= 11 is 2.31. The third-order valence-electron chi connectivity index (χ3n) is 4.94. The molecule has 2 aromatic rings. The van der Waals surface area contributed by atoms with Gasteiger partial charge in [0.15, 0.2) is 12.6 Å². The standard InChI is InChI=1S/C22H20INO5/c1-14(26-2)29-17-9-7-15(8-10-17)20-18(23)12-28-22(20)13-27-21(22)24-19-6-4-3-5-16(19)11-25/h3-11,14H,12-13H2,1-2H3. The fraction of sp³-hybridized carbons (Fsp3) is 0.273. The van der Waals surface area contributed by atoms with Crippen LogP contribution in [-0.4, -0.2) is 44.4 Å². The Morgan fingerprint density at radius 3 is 2.62 bits per heavy atom. The second-order valence-electron chi connectivity index (χ2n) is 6.72. The first-order valence-corrected chi connectivity index (χ1v) is 10.2. The van der Waals surface area contributed by atoms with Gasteiger partial charge in [-0.3, -0.25) is 4.79 Å². The molecular formula is C22H20INO5. The third kappa shape index (κ3) is 3.70. The van der Waals surface area contributed by atoms with Crippen LogP contribution >= 0.6 is 22.6 Å². The number of carbonyl (C=O) groups excluding carboxylic acids is 1. The average molecular weight is 505 g/mol. The van der Waals surface area contributed by atoms with Gasteiger partial charge in [0.1, 0.15) is 12.4 Å². The predicted octanol–water partition coefficient (Wildman–Crippen LogP) is 4.55. The summed E-state index contributed by atoms with van der Waals surface area (Å²) in [6.07, 6.45) is 0.471. The monoisotopic (exact) mass is 505 g/mol. The molecule has 29 heavy (non-hydrogen) atoms. The Balaban J connectivity index is 1.66. The van der Waals surface area contributed by atoms with E-state index in [0.29, 0.717) is 30.4 Å². The number of aliphatic imine (C=N–C) groups is 1. The van der Waals surface area contributed by atoms with E-state index in [4.69, 9.17) is 18.9 Å². The zero-order valence-corrected chi connectivity index (χ0v) is 18.2. The maximum absolute atomic E-state index is 11.3. The Morgan fingerprint density at radius 2 is 1.97 bits per heavy atom. The molecule has 1 fully saturated rings. The molecule has 2 aliphatic rings. The van der Waals surface area contributed by atoms with Crippen molar-refractivity contribution in [3.8, 4) is 5.75 Å². The zero-order chi connectivity index (χ0) is 20.4. The first kappa shape index (κ1) is 20.1. The topological polar surface area (TPSA) is 66.3 Å². The summed E-state index contributed by atoms with van der Waals surface area (Å²) in [7, 11) is 1.60. The number of benzene rings is 2. The van der Waals surface area contributed by atoms with E-state index in [1.165, 1.54) is 0 Å². The lowest BCUT2D eigenvalue weighted by Gasteiger charge is -2.40. The molecule has 0 aromatic heterocycles. The van der Waals surface area contributed by atoms with Crippen LogP contribution in [0.5, 0.6) is 5.75 Å². The highest BCUT2D eigenvalue weighted by molar-refractivity contribution is 14.1. The fourth-order valence-electron chi connectivity index (χ4n) is 3.35. The van der Waals surface area contributed by atoms with Gasteiger partial charge in [0, 0.05) is 21.8 Å². The van der Waals surface area contributed by atoms with E-state index in [9.17, 15) is 4.79 Å². The summed E-state index contributed by atoms with van der Waals surface area (Å²) in [5.74, 6) is 1.20. The Kier molecular flexibility index (Phi) is 5.71. The van der Waals surface area contributed by atoms with Crippen LogP contribution in [-0.2, 0) is 14.2 Å². The summed E-state index contributed by atoms with van der Waals surface area (Å²) < 4.78 is 23.8. The smallest absolute Gasteiger partial charge is 0.230 e. The van der Waals surface area contributed by atoms with Crippen molar-refractivity contribution in [2.45, 2.75) is 18.8 Å². The quantitative estimate of drug-likeness (QED) is 0.328. The van der Waals surface area contributed by atoms with Crippen LogP contribution in [0.2, 0.25) is 0 Å². The lowest BCUT2D eigenvalue weighted by Crippen LogP contribution is -2.55. The summed E-state index contributed by atoms with van der Waals surface area (Å²) in [6.45, 7) is 2.72. The SMILES string of the molecule is COC(C)Oc1ccc(C2=C(I)COC23COC3=Nc2ccccc2C=O)cc1. The minimum absolute atomic E-state index is 0.321. The van der Waals surface area contributed by atoms with Gasteiger partial charge < -0.3 is 18.9 Å². The summed E-state index contributed by atoms with van der Waals surface area (Å²) in [5, 5.41) is 0. The number of nitrogens with zero attached hydrogens (tertiary/aromatic N) is 1. The van der Waals surface area contributed by atoms with Crippen LogP contribution in [0.3, 0.4) is 0 Å². The van der Waals surface area contributed by atoms with Gasteiger partial charge in [-0.1, -0.05) is 24.3 Å². The van der Waals surface area contributed by atoms with Gasteiger partial charge in [-0.15, -0.1) is 0 Å². The number of rotatable bonds is 6. The minimum Gasteiger partial charge on any atom is -0.474 e. The fourth-order valence-corrected chi connectivity index (χ4v) is 4.25. The van der Waals surface area contributed by atoms with E-state index in [0.717, 1.165) is 26.8 Å². The Morgan fingerprint density at radius 1 is 1.21 bits per heavy atom. The number of para-hydroxylation sites is 1. The highest BCUT2D eigenvalue weighted by atomic mass is 127. The van der Waals surface area contributed by atoms with Crippen molar-refractivity contribution in [1.29, 1.82) is 0 Å². The molecule has 2 heterocycles. The molecule has 0 bridgehead atoms. The van der Waals surface area contributed by atoms with Crippen molar-refractivity contribution >= 4 is 46.0 Å². The summed E-state index contributed by atoms with van der Waals surface area (Å²) in [6, 6.07) is 15.0. The molecule has 2 atom stereocenters. The maximum Gasteiger partial charge on any atom is 0.230 e. The van der Waals surface area contributed by atoms with Gasteiger partial charge >= 0.3 is 0 Å². The molecule has 0 N–H and O–H groups in total. The van der Waals surface area contributed by atoms with E-state index in [-0.39, 0.29) is 6.29 Å². The molecule has 0 amide bonds. The van der Waals surface area contributed by atoms with Crippen LogP contribution < -0.4 is 4.74 Å². The molecule has 150 valence electrons. The van der Waals surface area contributed by atoms with Gasteiger partial charge in [0.25, 0.3) is 0 Å². The second kappa shape index (κ2) is 8.25. The maximum atomic E-state index is 11.3. The molecule has 4 rings (SSSR count). The molecule has 2 unspecified atom stereocenters. The largest absolute Gasteiger partial charge is 0.474 e.